The predicted octanol–water partition coefficient (Wildman–Crippen LogP) is 3.53. The van der Waals surface area contributed by atoms with Crippen molar-refractivity contribution < 1.29 is 31.5 Å². The minimum atomic E-state index is -5.15. The van der Waals surface area contributed by atoms with Crippen LogP contribution in [0.3, 0.4) is 0 Å². The highest BCUT2D eigenvalue weighted by Gasteiger charge is 2.55. The average molecular weight is 452 g/mol. The fourth-order valence-electron chi connectivity index (χ4n) is 1.85. The molecule has 2 aromatic rings. The van der Waals surface area contributed by atoms with Crippen LogP contribution in [0.1, 0.15) is 6.92 Å². The van der Waals surface area contributed by atoms with Crippen LogP contribution in [-0.2, 0) is 14.6 Å². The third-order valence-electron chi connectivity index (χ3n) is 3.54. The smallest absolute Gasteiger partial charge is 0.373 e. The Kier molecular flexibility index (Phi) is 5.50. The molecule has 1 unspecified atom stereocenters. The number of hydrogen-bond acceptors (Lipinski definition) is 4. The minimum Gasteiger partial charge on any atom is -0.373 e. The van der Waals surface area contributed by atoms with Gasteiger partial charge in [0.05, 0.1) is 9.79 Å². The Hall–Kier alpha value is -1.91. The van der Waals surface area contributed by atoms with E-state index >= 15 is 0 Å². The molecular formula is C16H13BrF3NO4S. The van der Waals surface area contributed by atoms with E-state index in [0.29, 0.717) is 11.4 Å². The lowest BCUT2D eigenvalue weighted by atomic mass is 10.1. The van der Waals surface area contributed by atoms with E-state index < -0.39 is 27.5 Å². The second-order valence-electron chi connectivity index (χ2n) is 5.51. The minimum absolute atomic E-state index is 0.0393. The highest BCUT2D eigenvalue weighted by Crippen LogP contribution is 2.31. The third-order valence-corrected chi connectivity index (χ3v) is 5.85. The van der Waals surface area contributed by atoms with E-state index in [9.17, 15) is 31.5 Å². The number of aliphatic hydroxyl groups is 1. The molecule has 5 nitrogen and oxygen atoms in total. The lowest BCUT2D eigenvalue weighted by Gasteiger charge is -2.24. The number of hydrogen-bond donors (Lipinski definition) is 2. The van der Waals surface area contributed by atoms with Crippen molar-refractivity contribution in [3.05, 3.63) is 53.0 Å². The van der Waals surface area contributed by atoms with E-state index in [-0.39, 0.29) is 15.5 Å². The van der Waals surface area contributed by atoms with Gasteiger partial charge in [0.2, 0.25) is 15.4 Å². The van der Waals surface area contributed by atoms with Crippen LogP contribution in [0.5, 0.6) is 0 Å². The van der Waals surface area contributed by atoms with Crippen LogP contribution in [0.2, 0.25) is 0 Å². The largest absolute Gasteiger partial charge is 0.426 e. The van der Waals surface area contributed by atoms with E-state index in [1.165, 1.54) is 12.1 Å². The van der Waals surface area contributed by atoms with Gasteiger partial charge in [-0.25, -0.2) is 8.42 Å². The quantitative estimate of drug-likeness (QED) is 0.744. The van der Waals surface area contributed by atoms with Gasteiger partial charge in [0.25, 0.3) is 5.91 Å². The summed E-state index contributed by atoms with van der Waals surface area (Å²) in [5.74, 6) is -1.67. The fourth-order valence-corrected chi connectivity index (χ4v) is 3.37. The van der Waals surface area contributed by atoms with Crippen LogP contribution in [0.25, 0.3) is 0 Å². The van der Waals surface area contributed by atoms with Crippen molar-refractivity contribution in [3.8, 4) is 0 Å². The Morgan fingerprint density at radius 1 is 1.00 bits per heavy atom. The molecule has 1 amide bonds. The molecule has 0 aliphatic rings. The number of rotatable bonds is 4. The number of anilines is 1. The Labute approximate surface area is 155 Å². The van der Waals surface area contributed by atoms with E-state index in [0.717, 1.165) is 24.3 Å². The van der Waals surface area contributed by atoms with Crippen molar-refractivity contribution in [2.24, 2.45) is 0 Å². The van der Waals surface area contributed by atoms with Crippen LogP contribution in [-0.4, -0.2) is 31.2 Å². The second-order valence-corrected chi connectivity index (χ2v) is 8.37. The van der Waals surface area contributed by atoms with Gasteiger partial charge in [0, 0.05) is 10.2 Å². The molecule has 0 fully saturated rings. The summed E-state index contributed by atoms with van der Waals surface area (Å²) in [7, 11) is -3.82. The first-order chi connectivity index (χ1) is 11.9. The molecule has 0 aliphatic heterocycles. The van der Waals surface area contributed by atoms with Gasteiger partial charge >= 0.3 is 6.18 Å². The number of carbonyl (C=O) groups is 1. The Morgan fingerprint density at radius 3 is 1.85 bits per heavy atom. The lowest BCUT2D eigenvalue weighted by Crippen LogP contribution is -2.52. The molecule has 0 heterocycles. The topological polar surface area (TPSA) is 83.5 Å². The van der Waals surface area contributed by atoms with Crippen molar-refractivity contribution >= 4 is 37.4 Å². The summed E-state index contributed by atoms with van der Waals surface area (Å²) in [4.78, 5) is 11.6. The summed E-state index contributed by atoms with van der Waals surface area (Å²) in [6.45, 7) is 0.328. The Balaban J connectivity index is 2.23. The van der Waals surface area contributed by atoms with Gasteiger partial charge in [-0.3, -0.25) is 4.79 Å². The second kappa shape index (κ2) is 7.01. The molecule has 2 N–H and O–H groups in total. The van der Waals surface area contributed by atoms with Gasteiger partial charge in [0.15, 0.2) is 0 Å². The number of benzene rings is 2. The van der Waals surface area contributed by atoms with E-state index in [2.05, 4.69) is 15.9 Å². The number of halogens is 4. The van der Waals surface area contributed by atoms with Crippen molar-refractivity contribution in [1.29, 1.82) is 0 Å². The monoisotopic (exact) mass is 451 g/mol. The molecule has 0 saturated heterocycles. The van der Waals surface area contributed by atoms with Gasteiger partial charge in [-0.05, 0) is 55.5 Å². The molecular weight excluding hydrogens is 439 g/mol. The number of amides is 1. The molecule has 26 heavy (non-hydrogen) atoms. The maximum Gasteiger partial charge on any atom is 0.426 e. The maximum atomic E-state index is 12.6. The maximum absolute atomic E-state index is 12.6. The van der Waals surface area contributed by atoms with Crippen molar-refractivity contribution in [2.45, 2.75) is 28.5 Å². The van der Waals surface area contributed by atoms with Crippen molar-refractivity contribution in [2.75, 3.05) is 5.32 Å². The van der Waals surface area contributed by atoms with Gasteiger partial charge in [0.1, 0.15) is 0 Å². The van der Waals surface area contributed by atoms with Gasteiger partial charge in [-0.2, -0.15) is 13.2 Å². The zero-order chi connectivity index (χ0) is 19.8. The molecule has 1 atom stereocenters. The first-order valence-electron chi connectivity index (χ1n) is 7.07. The molecule has 0 aromatic heterocycles. The highest BCUT2D eigenvalue weighted by atomic mass is 79.9. The molecule has 10 heteroatoms. The standard InChI is InChI=1S/C16H13BrF3NO4S/c1-15(23,16(18,19)20)14(22)21-11-4-8-13(9-5-11)26(24,25)12-6-2-10(17)3-7-12/h2-9,23H,1H3,(H,21,22). The molecule has 0 bridgehead atoms. The zero-order valence-corrected chi connectivity index (χ0v) is 15.6. The van der Waals surface area contributed by atoms with E-state index in [4.69, 9.17) is 0 Å². The lowest BCUT2D eigenvalue weighted by molar-refractivity contribution is -0.242. The molecule has 0 radical (unpaired) electrons. The zero-order valence-electron chi connectivity index (χ0n) is 13.2. The Morgan fingerprint density at radius 2 is 1.42 bits per heavy atom. The molecule has 2 rings (SSSR count). The predicted molar refractivity (Wildman–Crippen MR) is 91.3 cm³/mol. The average Bonchev–Trinajstić information content (AvgIpc) is 2.54. The fraction of sp³-hybridized carbons (Fsp3) is 0.188. The van der Waals surface area contributed by atoms with Gasteiger partial charge < -0.3 is 10.4 Å². The summed E-state index contributed by atoms with van der Waals surface area (Å²) in [5.41, 5.74) is -3.66. The van der Waals surface area contributed by atoms with Crippen LogP contribution in [0, 0.1) is 0 Å². The first kappa shape index (κ1) is 20.4. The van der Waals surface area contributed by atoms with Gasteiger partial charge in [-0.1, -0.05) is 15.9 Å². The van der Waals surface area contributed by atoms with Crippen LogP contribution in [0.4, 0.5) is 18.9 Å². The number of nitrogens with one attached hydrogen (secondary N) is 1. The summed E-state index contributed by atoms with van der Waals surface area (Å²) >= 11 is 3.20. The summed E-state index contributed by atoms with van der Waals surface area (Å²) in [6, 6.07) is 10.5. The third kappa shape index (κ3) is 4.08. The normalized spacial score (nSPS) is 14.5. The number of sulfone groups is 1. The highest BCUT2D eigenvalue weighted by molar-refractivity contribution is 9.10. The summed E-state index contributed by atoms with van der Waals surface area (Å²) in [6.07, 6.45) is -5.15. The van der Waals surface area contributed by atoms with Gasteiger partial charge in [-0.15, -0.1) is 0 Å². The first-order valence-corrected chi connectivity index (χ1v) is 9.34. The molecule has 0 aliphatic carbocycles. The molecule has 140 valence electrons. The molecule has 0 saturated carbocycles. The Bertz CT molecular complexity index is 908. The van der Waals surface area contributed by atoms with Crippen molar-refractivity contribution in [1.82, 2.24) is 0 Å². The van der Waals surface area contributed by atoms with Crippen LogP contribution in [0.15, 0.2) is 62.8 Å². The molecule has 2 aromatic carbocycles. The van der Waals surface area contributed by atoms with Crippen LogP contribution < -0.4 is 5.32 Å². The summed E-state index contributed by atoms with van der Waals surface area (Å²) in [5, 5.41) is 11.2. The number of carbonyl (C=O) groups excluding carboxylic acids is 1. The van der Waals surface area contributed by atoms with E-state index in [1.807, 2.05) is 5.32 Å². The number of alkyl halides is 3. The molecule has 0 spiro atoms. The van der Waals surface area contributed by atoms with Crippen LogP contribution >= 0.6 is 15.9 Å². The van der Waals surface area contributed by atoms with Crippen molar-refractivity contribution in [3.63, 3.8) is 0 Å². The SMILES string of the molecule is CC(O)(C(=O)Nc1ccc(S(=O)(=O)c2ccc(Br)cc2)cc1)C(F)(F)F. The summed E-state index contributed by atoms with van der Waals surface area (Å²) < 4.78 is 63.5. The van der Waals surface area contributed by atoms with E-state index in [1.54, 1.807) is 12.1 Å².